The Morgan fingerprint density at radius 3 is 2.30 bits per heavy atom. The highest BCUT2D eigenvalue weighted by Crippen LogP contribution is 2.17. The van der Waals surface area contributed by atoms with Crippen LogP contribution >= 0.6 is 0 Å². The number of hydrogen-bond acceptors (Lipinski definition) is 5. The molecule has 0 spiro atoms. The van der Waals surface area contributed by atoms with Crippen molar-refractivity contribution in [1.82, 2.24) is 5.32 Å². The molecule has 1 amide bonds. The van der Waals surface area contributed by atoms with E-state index in [1.165, 1.54) is 12.3 Å². The zero-order valence-corrected chi connectivity index (χ0v) is 15.1. The minimum absolute atomic E-state index is 0.133. The smallest absolute Gasteiger partial charge is 0.288 e. The fourth-order valence-corrected chi connectivity index (χ4v) is 2.52. The van der Waals surface area contributed by atoms with Crippen molar-refractivity contribution >= 4 is 17.4 Å². The maximum atomic E-state index is 13.0. The lowest BCUT2D eigenvalue weighted by atomic mass is 10.1. The van der Waals surface area contributed by atoms with Crippen LogP contribution in [-0.4, -0.2) is 25.0 Å². The Morgan fingerprint density at radius 1 is 1.00 bits per heavy atom. The highest BCUT2D eigenvalue weighted by Gasteiger charge is 2.23. The molecule has 1 aromatic heterocycles. The van der Waals surface area contributed by atoms with E-state index < -0.39 is 12.1 Å². The van der Waals surface area contributed by atoms with Gasteiger partial charge in [-0.1, -0.05) is 29.8 Å². The largest absolute Gasteiger partial charge is 0.497 e. The van der Waals surface area contributed by atoms with Crippen LogP contribution in [-0.2, 0) is 0 Å². The minimum Gasteiger partial charge on any atom is -0.497 e. The van der Waals surface area contributed by atoms with Crippen molar-refractivity contribution in [2.45, 2.75) is 13.1 Å². The fraction of sp³-hybridized carbons (Fsp3) is 0.143. The van der Waals surface area contributed by atoms with Gasteiger partial charge in [-0.15, -0.1) is 0 Å². The van der Waals surface area contributed by atoms with Crippen LogP contribution in [0.2, 0.25) is 0 Å². The SMILES string of the molecule is COc1ccc(N[C@@H](NC(=O)c2ccco2)C(=O)c2ccc(C)cc2)cc1. The topological polar surface area (TPSA) is 80.6 Å². The summed E-state index contributed by atoms with van der Waals surface area (Å²) in [5.74, 6) is 0.0898. The van der Waals surface area contributed by atoms with Gasteiger partial charge in [0.2, 0.25) is 5.78 Å². The van der Waals surface area contributed by atoms with Gasteiger partial charge < -0.3 is 19.8 Å². The molecule has 1 heterocycles. The first kappa shape index (κ1) is 18.3. The fourth-order valence-electron chi connectivity index (χ4n) is 2.52. The molecular formula is C21H20N2O4. The summed E-state index contributed by atoms with van der Waals surface area (Å²) in [6.07, 6.45) is 0.446. The summed E-state index contributed by atoms with van der Waals surface area (Å²) in [6.45, 7) is 1.94. The highest BCUT2D eigenvalue weighted by molar-refractivity contribution is 6.04. The zero-order chi connectivity index (χ0) is 19.2. The molecule has 0 unspecified atom stereocenters. The van der Waals surface area contributed by atoms with E-state index in [1.807, 2.05) is 19.1 Å². The number of benzene rings is 2. The van der Waals surface area contributed by atoms with E-state index in [0.717, 1.165) is 5.56 Å². The van der Waals surface area contributed by atoms with E-state index in [1.54, 1.807) is 49.6 Å². The maximum Gasteiger partial charge on any atom is 0.288 e. The molecule has 0 saturated carbocycles. The second kappa shape index (κ2) is 8.23. The van der Waals surface area contributed by atoms with Crippen LogP contribution in [0.5, 0.6) is 5.75 Å². The van der Waals surface area contributed by atoms with Gasteiger partial charge in [0.15, 0.2) is 11.9 Å². The molecule has 0 bridgehead atoms. The Bertz CT molecular complexity index is 900. The van der Waals surface area contributed by atoms with Gasteiger partial charge >= 0.3 is 0 Å². The number of Topliss-reactive ketones (excluding diaryl/α,β-unsaturated/α-hetero) is 1. The molecule has 1 atom stereocenters. The molecule has 0 saturated heterocycles. The summed E-state index contributed by atoms with van der Waals surface area (Å²) < 4.78 is 10.2. The summed E-state index contributed by atoms with van der Waals surface area (Å²) in [7, 11) is 1.58. The van der Waals surface area contributed by atoms with Crippen LogP contribution in [0.4, 0.5) is 5.69 Å². The molecule has 138 valence electrons. The van der Waals surface area contributed by atoms with Gasteiger partial charge in [0.05, 0.1) is 13.4 Å². The Labute approximate surface area is 157 Å². The van der Waals surface area contributed by atoms with E-state index in [9.17, 15) is 9.59 Å². The maximum absolute atomic E-state index is 13.0. The zero-order valence-electron chi connectivity index (χ0n) is 15.1. The standard InChI is InChI=1S/C21H20N2O4/c1-14-5-7-15(8-6-14)19(24)20(23-21(25)18-4-3-13-27-18)22-16-9-11-17(26-2)12-10-16/h3-13,20,22H,1-2H3,(H,23,25)/t20-/m0/s1. The molecule has 3 aromatic rings. The van der Waals surface area contributed by atoms with Crippen LogP contribution in [0, 0.1) is 6.92 Å². The van der Waals surface area contributed by atoms with Crippen LogP contribution < -0.4 is 15.4 Å². The molecule has 2 N–H and O–H groups in total. The predicted octanol–water partition coefficient (Wildman–Crippen LogP) is 3.65. The van der Waals surface area contributed by atoms with Crippen molar-refractivity contribution in [2.24, 2.45) is 0 Å². The summed E-state index contributed by atoms with van der Waals surface area (Å²) in [4.78, 5) is 25.3. The van der Waals surface area contributed by atoms with Gasteiger partial charge in [0.25, 0.3) is 5.91 Å². The lowest BCUT2D eigenvalue weighted by Gasteiger charge is -2.20. The molecule has 6 nitrogen and oxygen atoms in total. The average molecular weight is 364 g/mol. The first-order chi connectivity index (χ1) is 13.1. The van der Waals surface area contributed by atoms with Gasteiger partial charge in [0.1, 0.15) is 5.75 Å². The van der Waals surface area contributed by atoms with E-state index in [4.69, 9.17) is 9.15 Å². The van der Waals surface area contributed by atoms with Crippen LogP contribution in [0.15, 0.2) is 71.3 Å². The number of amides is 1. The molecule has 0 radical (unpaired) electrons. The number of furan rings is 1. The number of ether oxygens (including phenoxy) is 1. The molecule has 3 rings (SSSR count). The minimum atomic E-state index is -0.960. The van der Waals surface area contributed by atoms with Crippen molar-refractivity contribution in [1.29, 1.82) is 0 Å². The molecule has 27 heavy (non-hydrogen) atoms. The van der Waals surface area contributed by atoms with Gasteiger partial charge in [-0.3, -0.25) is 9.59 Å². The molecular weight excluding hydrogens is 344 g/mol. The van der Waals surface area contributed by atoms with Gasteiger partial charge in [0, 0.05) is 11.3 Å². The van der Waals surface area contributed by atoms with E-state index in [2.05, 4.69) is 10.6 Å². The third kappa shape index (κ3) is 4.55. The van der Waals surface area contributed by atoms with Crippen LogP contribution in [0.25, 0.3) is 0 Å². The van der Waals surface area contributed by atoms with Gasteiger partial charge in [-0.2, -0.15) is 0 Å². The number of nitrogens with one attached hydrogen (secondary N) is 2. The molecule has 0 aliphatic heterocycles. The number of aryl methyl sites for hydroxylation is 1. The number of rotatable bonds is 7. The van der Waals surface area contributed by atoms with Gasteiger partial charge in [-0.05, 0) is 43.3 Å². The monoisotopic (exact) mass is 364 g/mol. The predicted molar refractivity (Wildman–Crippen MR) is 102 cm³/mol. The summed E-state index contributed by atoms with van der Waals surface area (Å²) >= 11 is 0. The first-order valence-electron chi connectivity index (χ1n) is 8.42. The summed E-state index contributed by atoms with van der Waals surface area (Å²) in [5, 5.41) is 5.74. The van der Waals surface area contributed by atoms with Crippen LogP contribution in [0.3, 0.4) is 0 Å². The average Bonchev–Trinajstić information content (AvgIpc) is 3.23. The molecule has 0 aliphatic rings. The lowest BCUT2D eigenvalue weighted by Crippen LogP contribution is -2.46. The summed E-state index contributed by atoms with van der Waals surface area (Å²) in [5.41, 5.74) is 2.21. The van der Waals surface area contributed by atoms with Crippen molar-refractivity contribution in [3.63, 3.8) is 0 Å². The molecule has 0 fully saturated rings. The Balaban J connectivity index is 1.83. The van der Waals surface area contributed by atoms with E-state index in [0.29, 0.717) is 17.0 Å². The van der Waals surface area contributed by atoms with Crippen molar-refractivity contribution in [3.8, 4) is 5.75 Å². The van der Waals surface area contributed by atoms with Crippen molar-refractivity contribution in [3.05, 3.63) is 83.8 Å². The Morgan fingerprint density at radius 2 is 1.70 bits per heavy atom. The Kier molecular flexibility index (Phi) is 5.56. The quantitative estimate of drug-likeness (QED) is 0.494. The lowest BCUT2D eigenvalue weighted by molar-refractivity contribution is 0.0853. The van der Waals surface area contributed by atoms with Crippen LogP contribution in [0.1, 0.15) is 26.5 Å². The molecule has 2 aromatic carbocycles. The highest BCUT2D eigenvalue weighted by atomic mass is 16.5. The van der Waals surface area contributed by atoms with E-state index in [-0.39, 0.29) is 11.5 Å². The third-order valence-corrected chi connectivity index (χ3v) is 4.02. The van der Waals surface area contributed by atoms with Gasteiger partial charge in [-0.25, -0.2) is 0 Å². The number of carbonyl (C=O) groups is 2. The number of anilines is 1. The normalized spacial score (nSPS) is 11.5. The second-order valence-corrected chi connectivity index (χ2v) is 5.99. The molecule has 0 aliphatic carbocycles. The summed E-state index contributed by atoms with van der Waals surface area (Å²) in [6, 6.07) is 17.4. The number of hydrogen-bond donors (Lipinski definition) is 2. The first-order valence-corrected chi connectivity index (χ1v) is 8.42. The Hall–Kier alpha value is -3.54. The second-order valence-electron chi connectivity index (χ2n) is 5.99. The molecule has 6 heteroatoms. The van der Waals surface area contributed by atoms with E-state index >= 15 is 0 Å². The number of methoxy groups -OCH3 is 1. The van der Waals surface area contributed by atoms with Crippen molar-refractivity contribution in [2.75, 3.05) is 12.4 Å². The number of ketones is 1. The third-order valence-electron chi connectivity index (χ3n) is 4.02. The van der Waals surface area contributed by atoms with Crippen molar-refractivity contribution < 1.29 is 18.7 Å². The number of carbonyl (C=O) groups excluding carboxylic acids is 2.